The van der Waals surface area contributed by atoms with Gasteiger partial charge in [-0.2, -0.15) is 0 Å². The number of nitrogens with one attached hydrogen (secondary N) is 1. The molecule has 0 unspecified atom stereocenters. The van der Waals surface area contributed by atoms with E-state index in [0.29, 0.717) is 5.75 Å². The summed E-state index contributed by atoms with van der Waals surface area (Å²) < 4.78 is 0. The Bertz CT molecular complexity index is 306. The average Bonchev–Trinajstić information content (AvgIpc) is 2.92. The zero-order valence-corrected chi connectivity index (χ0v) is 10.2. The Morgan fingerprint density at radius 1 is 1.60 bits per heavy atom. The number of thioether (sulfide) groups is 1. The van der Waals surface area contributed by atoms with Crippen LogP contribution < -0.4 is 5.32 Å². The Kier molecular flexibility index (Phi) is 4.09. The number of carbonyl (C=O) groups is 1. The SMILES string of the molecule is O=C(CSCc1cccs1)NCC1CC1. The van der Waals surface area contributed by atoms with Crippen LogP contribution in [0.3, 0.4) is 0 Å². The van der Waals surface area contributed by atoms with Gasteiger partial charge >= 0.3 is 0 Å². The van der Waals surface area contributed by atoms with Crippen LogP contribution in [0.5, 0.6) is 0 Å². The minimum absolute atomic E-state index is 0.184. The molecule has 1 amide bonds. The molecule has 4 heteroatoms. The molecule has 1 heterocycles. The summed E-state index contributed by atoms with van der Waals surface area (Å²) in [5.74, 6) is 2.50. The fourth-order valence-electron chi connectivity index (χ4n) is 1.27. The minimum Gasteiger partial charge on any atom is -0.355 e. The summed E-state index contributed by atoms with van der Waals surface area (Å²) in [4.78, 5) is 12.7. The summed E-state index contributed by atoms with van der Waals surface area (Å²) in [6, 6.07) is 4.16. The van der Waals surface area contributed by atoms with Crippen LogP contribution in [0, 0.1) is 5.92 Å². The summed E-state index contributed by atoms with van der Waals surface area (Å²) in [6.45, 7) is 0.887. The first-order valence-electron chi connectivity index (χ1n) is 5.21. The Morgan fingerprint density at radius 2 is 2.47 bits per heavy atom. The highest BCUT2D eigenvalue weighted by Crippen LogP contribution is 2.27. The zero-order chi connectivity index (χ0) is 10.5. The fraction of sp³-hybridized carbons (Fsp3) is 0.545. The van der Waals surface area contributed by atoms with Crippen LogP contribution in [0.4, 0.5) is 0 Å². The molecule has 2 nitrogen and oxygen atoms in total. The molecule has 0 bridgehead atoms. The van der Waals surface area contributed by atoms with Gasteiger partial charge in [-0.3, -0.25) is 4.79 Å². The van der Waals surface area contributed by atoms with Gasteiger partial charge in [0, 0.05) is 17.2 Å². The van der Waals surface area contributed by atoms with E-state index in [0.717, 1.165) is 18.2 Å². The van der Waals surface area contributed by atoms with E-state index in [1.54, 1.807) is 23.1 Å². The van der Waals surface area contributed by atoms with Crippen molar-refractivity contribution in [2.75, 3.05) is 12.3 Å². The summed E-state index contributed by atoms with van der Waals surface area (Å²) in [5.41, 5.74) is 0. The number of carbonyl (C=O) groups excluding carboxylic acids is 1. The lowest BCUT2D eigenvalue weighted by Gasteiger charge is -2.02. The summed E-state index contributed by atoms with van der Waals surface area (Å²) >= 11 is 3.44. The first-order valence-corrected chi connectivity index (χ1v) is 7.25. The van der Waals surface area contributed by atoms with E-state index in [9.17, 15) is 4.79 Å². The van der Waals surface area contributed by atoms with E-state index < -0.39 is 0 Å². The number of hydrogen-bond acceptors (Lipinski definition) is 3. The third-order valence-electron chi connectivity index (χ3n) is 2.34. The quantitative estimate of drug-likeness (QED) is 0.829. The second kappa shape index (κ2) is 5.56. The Balaban J connectivity index is 1.54. The predicted molar refractivity (Wildman–Crippen MR) is 66.2 cm³/mol. The average molecular weight is 241 g/mol. The van der Waals surface area contributed by atoms with E-state index in [2.05, 4.69) is 16.8 Å². The predicted octanol–water partition coefficient (Wildman–Crippen LogP) is 2.51. The zero-order valence-electron chi connectivity index (χ0n) is 8.57. The molecule has 0 aliphatic heterocycles. The minimum atomic E-state index is 0.184. The maximum Gasteiger partial charge on any atom is 0.230 e. The van der Waals surface area contributed by atoms with Crippen molar-refractivity contribution >= 4 is 29.0 Å². The molecule has 0 atom stereocenters. The molecule has 15 heavy (non-hydrogen) atoms. The number of hydrogen-bond donors (Lipinski definition) is 1. The smallest absolute Gasteiger partial charge is 0.230 e. The molecule has 0 spiro atoms. The van der Waals surface area contributed by atoms with Gasteiger partial charge in [-0.15, -0.1) is 23.1 Å². The van der Waals surface area contributed by atoms with E-state index in [1.807, 2.05) is 6.07 Å². The van der Waals surface area contributed by atoms with Crippen LogP contribution in [-0.2, 0) is 10.5 Å². The standard InChI is InChI=1S/C11H15NOS2/c13-11(12-6-9-3-4-9)8-14-7-10-2-1-5-15-10/h1-2,5,9H,3-4,6-8H2,(H,12,13). The highest BCUT2D eigenvalue weighted by atomic mass is 32.2. The highest BCUT2D eigenvalue weighted by Gasteiger charge is 2.21. The van der Waals surface area contributed by atoms with Crippen LogP contribution in [-0.4, -0.2) is 18.2 Å². The molecule has 1 aliphatic carbocycles. The molecular formula is C11H15NOS2. The highest BCUT2D eigenvalue weighted by molar-refractivity contribution is 7.99. The fourth-order valence-corrected chi connectivity index (χ4v) is 2.97. The van der Waals surface area contributed by atoms with Crippen molar-refractivity contribution in [3.8, 4) is 0 Å². The van der Waals surface area contributed by atoms with E-state index in [1.165, 1.54) is 17.7 Å². The molecule has 0 radical (unpaired) electrons. The normalized spacial score (nSPS) is 15.2. The summed E-state index contributed by atoms with van der Waals surface area (Å²) in [6.07, 6.45) is 2.59. The lowest BCUT2D eigenvalue weighted by molar-refractivity contribution is -0.118. The molecule has 1 saturated carbocycles. The van der Waals surface area contributed by atoms with Gasteiger partial charge in [-0.05, 0) is 30.2 Å². The first kappa shape index (κ1) is 11.0. The van der Waals surface area contributed by atoms with Crippen molar-refractivity contribution in [2.24, 2.45) is 5.92 Å². The van der Waals surface area contributed by atoms with Crippen LogP contribution in [0.1, 0.15) is 17.7 Å². The van der Waals surface area contributed by atoms with Gasteiger partial charge in [-0.1, -0.05) is 6.07 Å². The monoisotopic (exact) mass is 241 g/mol. The molecule has 0 saturated heterocycles. The van der Waals surface area contributed by atoms with Gasteiger partial charge < -0.3 is 5.32 Å². The topological polar surface area (TPSA) is 29.1 Å². The van der Waals surface area contributed by atoms with Gasteiger partial charge in [0.05, 0.1) is 5.75 Å². The first-order chi connectivity index (χ1) is 7.34. The second-order valence-corrected chi connectivity index (χ2v) is 5.84. The third kappa shape index (κ3) is 4.26. The molecule has 2 rings (SSSR count). The van der Waals surface area contributed by atoms with Crippen molar-refractivity contribution in [3.05, 3.63) is 22.4 Å². The van der Waals surface area contributed by atoms with E-state index in [-0.39, 0.29) is 5.91 Å². The molecule has 1 aromatic rings. The lowest BCUT2D eigenvalue weighted by atomic mass is 10.4. The van der Waals surface area contributed by atoms with Crippen molar-refractivity contribution in [1.29, 1.82) is 0 Å². The largest absolute Gasteiger partial charge is 0.355 e. The Labute approximate surface area is 98.5 Å². The van der Waals surface area contributed by atoms with Gasteiger partial charge in [-0.25, -0.2) is 0 Å². The molecule has 1 aliphatic rings. The van der Waals surface area contributed by atoms with Crippen LogP contribution in [0.2, 0.25) is 0 Å². The van der Waals surface area contributed by atoms with Crippen LogP contribution in [0.25, 0.3) is 0 Å². The molecule has 82 valence electrons. The Morgan fingerprint density at radius 3 is 3.13 bits per heavy atom. The van der Waals surface area contributed by atoms with Crippen molar-refractivity contribution in [1.82, 2.24) is 5.32 Å². The van der Waals surface area contributed by atoms with E-state index in [4.69, 9.17) is 0 Å². The van der Waals surface area contributed by atoms with Crippen molar-refractivity contribution in [3.63, 3.8) is 0 Å². The molecular weight excluding hydrogens is 226 g/mol. The van der Waals surface area contributed by atoms with Crippen LogP contribution in [0.15, 0.2) is 17.5 Å². The number of thiophene rings is 1. The van der Waals surface area contributed by atoms with Crippen molar-refractivity contribution in [2.45, 2.75) is 18.6 Å². The lowest BCUT2D eigenvalue weighted by Crippen LogP contribution is -2.27. The maximum atomic E-state index is 11.4. The number of amides is 1. The number of rotatable bonds is 6. The molecule has 1 N–H and O–H groups in total. The van der Waals surface area contributed by atoms with Crippen molar-refractivity contribution < 1.29 is 4.79 Å². The van der Waals surface area contributed by atoms with Gasteiger partial charge in [0.2, 0.25) is 5.91 Å². The maximum absolute atomic E-state index is 11.4. The van der Waals surface area contributed by atoms with Gasteiger partial charge in [0.1, 0.15) is 0 Å². The summed E-state index contributed by atoms with van der Waals surface area (Å²) in [5, 5.41) is 5.04. The van der Waals surface area contributed by atoms with Gasteiger partial charge in [0.15, 0.2) is 0 Å². The van der Waals surface area contributed by atoms with Crippen LogP contribution >= 0.6 is 23.1 Å². The molecule has 1 aromatic heterocycles. The third-order valence-corrected chi connectivity index (χ3v) is 4.38. The molecule has 1 fully saturated rings. The Hall–Kier alpha value is -0.480. The van der Waals surface area contributed by atoms with E-state index >= 15 is 0 Å². The second-order valence-electron chi connectivity index (χ2n) is 3.82. The molecule has 0 aromatic carbocycles. The summed E-state index contributed by atoms with van der Waals surface area (Å²) in [7, 11) is 0. The van der Waals surface area contributed by atoms with Gasteiger partial charge in [0.25, 0.3) is 0 Å².